The number of rotatable bonds is 9. The third kappa shape index (κ3) is 10.9. The fraction of sp³-hybridized carbons (Fsp3) is 0.655. The predicted octanol–water partition coefficient (Wildman–Crippen LogP) is 8.02. The summed E-state index contributed by atoms with van der Waals surface area (Å²) in [6.07, 6.45) is 8.46. The summed E-state index contributed by atoms with van der Waals surface area (Å²) in [5.74, 6) is -6.66. The van der Waals surface area contributed by atoms with Crippen molar-refractivity contribution in [3.8, 4) is 17.2 Å². The average molecular weight is 987 g/mol. The topological polar surface area (TPSA) is 207 Å². The SMILES string of the molecule is CCC(CC(C)C(=O)O)C(=O)O[C@H]1[C@H](C)[C@@H]2OC(C)(C)O[C@H]([C@H]2C)[C@@H](C)/C=C/C=C(/C)C(=O)Nc2c(O)c3c(O)c(C)c4c(c3c3c2=NC2(CCN(CC(C)C)CC2)N=3)C[C@@](C)(O/C=C/[C@H](OC)[C@H]1C)O4. The molecule has 1 spiro atoms. The molecule has 2 saturated heterocycles. The van der Waals surface area contributed by atoms with Gasteiger partial charge in [0, 0.05) is 92.3 Å². The Morgan fingerprint density at radius 3 is 2.23 bits per heavy atom. The average Bonchev–Trinajstić information content (AvgIpc) is 3.86. The Labute approximate surface area is 418 Å². The molecule has 2 aromatic rings. The first-order valence-corrected chi connectivity index (χ1v) is 25.6. The van der Waals surface area contributed by atoms with E-state index < -0.39 is 77.1 Å². The first-order valence-electron chi connectivity index (χ1n) is 25.6. The maximum Gasteiger partial charge on any atom is 0.309 e. The van der Waals surface area contributed by atoms with Crippen LogP contribution in [0.4, 0.5) is 5.69 Å². The van der Waals surface area contributed by atoms with Crippen LogP contribution in [0.1, 0.15) is 120 Å². The zero-order valence-electron chi connectivity index (χ0n) is 44.3. The van der Waals surface area contributed by atoms with Crippen molar-refractivity contribution in [2.75, 3.05) is 32.1 Å². The van der Waals surface area contributed by atoms with Gasteiger partial charge in [-0.2, -0.15) is 0 Å². The number of phenols is 2. The van der Waals surface area contributed by atoms with Crippen LogP contribution in [0.15, 0.2) is 46.1 Å². The molecule has 0 saturated carbocycles. The number of piperidine rings is 1. The largest absolute Gasteiger partial charge is 0.507 e. The van der Waals surface area contributed by atoms with E-state index in [0.29, 0.717) is 63.7 Å². The van der Waals surface area contributed by atoms with E-state index in [4.69, 9.17) is 38.4 Å². The first-order chi connectivity index (χ1) is 33.3. The molecule has 6 aliphatic rings. The van der Waals surface area contributed by atoms with Gasteiger partial charge in [-0.25, -0.2) is 0 Å². The van der Waals surface area contributed by atoms with Crippen molar-refractivity contribution in [3.05, 3.63) is 58.0 Å². The zero-order valence-corrected chi connectivity index (χ0v) is 44.3. The second-order valence-corrected chi connectivity index (χ2v) is 22.1. The molecule has 71 heavy (non-hydrogen) atoms. The number of carbonyl (C=O) groups excluding carboxylic acids is 2. The molecule has 2 aromatic carbocycles. The lowest BCUT2D eigenvalue weighted by molar-refractivity contribution is -0.336. The van der Waals surface area contributed by atoms with E-state index in [1.807, 2.05) is 53.7 Å². The Morgan fingerprint density at radius 1 is 0.930 bits per heavy atom. The molecule has 16 heteroatoms. The minimum atomic E-state index is -1.31. The Morgan fingerprint density at radius 2 is 1.59 bits per heavy atom. The highest BCUT2D eigenvalue weighted by molar-refractivity contribution is 6.08. The number of allylic oxidation sites excluding steroid dienone is 2. The molecule has 7 bridgehead atoms. The predicted molar refractivity (Wildman–Crippen MR) is 268 cm³/mol. The van der Waals surface area contributed by atoms with Crippen molar-refractivity contribution in [2.45, 2.75) is 164 Å². The number of carbonyl (C=O) groups is 3. The minimum Gasteiger partial charge on any atom is -0.507 e. The lowest BCUT2D eigenvalue weighted by Gasteiger charge is -2.50. The number of nitrogens with one attached hydrogen (secondary N) is 1. The van der Waals surface area contributed by atoms with Gasteiger partial charge in [0.1, 0.15) is 28.6 Å². The Kier molecular flexibility index (Phi) is 15.8. The zero-order chi connectivity index (χ0) is 52.1. The van der Waals surface area contributed by atoms with Crippen LogP contribution in [0.5, 0.6) is 17.2 Å². The summed E-state index contributed by atoms with van der Waals surface area (Å²) in [6.45, 7) is 27.3. The van der Waals surface area contributed by atoms with E-state index in [0.717, 1.165) is 19.6 Å². The van der Waals surface area contributed by atoms with Crippen LogP contribution in [0.25, 0.3) is 10.8 Å². The van der Waals surface area contributed by atoms with Crippen LogP contribution in [-0.4, -0.2) is 106 Å². The molecule has 6 aliphatic heterocycles. The van der Waals surface area contributed by atoms with Gasteiger partial charge in [0.25, 0.3) is 11.7 Å². The van der Waals surface area contributed by atoms with Gasteiger partial charge >= 0.3 is 11.9 Å². The molecule has 0 aromatic heterocycles. The number of phenolic OH excluding ortho intramolecular Hbond substituents is 2. The summed E-state index contributed by atoms with van der Waals surface area (Å²) in [5.41, 5.74) is 0.630. The third-order valence-corrected chi connectivity index (χ3v) is 15.5. The van der Waals surface area contributed by atoms with Gasteiger partial charge < -0.3 is 54.0 Å². The fourth-order valence-electron chi connectivity index (χ4n) is 11.4. The molecule has 2 fully saturated rings. The van der Waals surface area contributed by atoms with Crippen molar-refractivity contribution >= 4 is 34.3 Å². The van der Waals surface area contributed by atoms with Crippen LogP contribution in [0.3, 0.4) is 0 Å². The molecule has 0 aliphatic carbocycles. The van der Waals surface area contributed by atoms with Crippen LogP contribution >= 0.6 is 0 Å². The Bertz CT molecular complexity index is 2600. The number of esters is 1. The van der Waals surface area contributed by atoms with Crippen LogP contribution in [0, 0.1) is 48.3 Å². The van der Waals surface area contributed by atoms with Gasteiger partial charge in [-0.05, 0) is 52.5 Å². The molecule has 6 heterocycles. The summed E-state index contributed by atoms with van der Waals surface area (Å²) < 4.78 is 39.2. The van der Waals surface area contributed by atoms with Gasteiger partial charge in [-0.3, -0.25) is 24.4 Å². The number of aliphatic carboxylic acids is 1. The van der Waals surface area contributed by atoms with E-state index in [1.165, 1.54) is 6.26 Å². The molecule has 1 amide bonds. The number of fused-ring (bicyclic) bond motifs is 9. The summed E-state index contributed by atoms with van der Waals surface area (Å²) in [7, 11) is 1.57. The lowest BCUT2D eigenvalue weighted by atomic mass is 9.77. The number of hydrogen-bond acceptors (Lipinski definition) is 14. The monoisotopic (exact) mass is 987 g/mol. The summed E-state index contributed by atoms with van der Waals surface area (Å²) in [5, 5.41) is 38.5. The fourth-order valence-corrected chi connectivity index (χ4v) is 11.4. The summed E-state index contributed by atoms with van der Waals surface area (Å²) in [4.78, 5) is 53.3. The molecule has 0 radical (unpaired) electrons. The number of benzene rings is 2. The highest BCUT2D eigenvalue weighted by atomic mass is 16.7. The van der Waals surface area contributed by atoms with Crippen LogP contribution < -0.4 is 20.8 Å². The second-order valence-electron chi connectivity index (χ2n) is 22.1. The van der Waals surface area contributed by atoms with Gasteiger partial charge in [-0.1, -0.05) is 73.6 Å². The number of ether oxygens (including phenoxy) is 6. The number of carboxylic acid groups (broad SMARTS) is 1. The standard InChI is InChI=1S/C55H78N4O12/c1-15-36(25-31(6)51(63)64)52(65)68-47-32(7)38(66-14)19-24-67-54(13)26-37-39-40(44(60)33(8)49(37)71-54)45(61)43(42-41(39)57-55(58-42)20-22-59(23-21-55)27-28(2)3)56-50(62)30(5)18-16-17-29(4)46-34(9)48(35(47)10)70-53(11,12)69-46/h16-19,24,28-29,31-32,34-36,38,46-48,60-61H,15,20-23,25-27H2,1-14H3,(H,56,62)(H,63,64)/b17-16+,24-19+,30-18-/t29-,31?,32+,34+,35-,36?,38-,46-,47+,48+,54-/m0/s1. The van der Waals surface area contributed by atoms with Gasteiger partial charge in [0.05, 0.1) is 53.6 Å². The molecule has 8 rings (SSSR count). The van der Waals surface area contributed by atoms with Crippen molar-refractivity contribution in [3.63, 3.8) is 0 Å². The highest BCUT2D eigenvalue weighted by Gasteiger charge is 2.49. The van der Waals surface area contributed by atoms with Crippen molar-refractivity contribution in [1.82, 2.24) is 4.90 Å². The van der Waals surface area contributed by atoms with E-state index >= 15 is 0 Å². The number of anilines is 1. The second kappa shape index (κ2) is 20.8. The van der Waals surface area contributed by atoms with E-state index in [-0.39, 0.29) is 53.4 Å². The molecular weight excluding hydrogens is 909 g/mol. The molecule has 16 nitrogen and oxygen atoms in total. The van der Waals surface area contributed by atoms with E-state index in [2.05, 4.69) is 31.0 Å². The van der Waals surface area contributed by atoms with Crippen LogP contribution in [0.2, 0.25) is 0 Å². The smallest absolute Gasteiger partial charge is 0.309 e. The molecule has 2 unspecified atom stereocenters. The van der Waals surface area contributed by atoms with Gasteiger partial charge in [0.15, 0.2) is 17.2 Å². The third-order valence-electron chi connectivity index (χ3n) is 15.5. The normalized spacial score (nSPS) is 32.1. The quantitative estimate of drug-likeness (QED) is 0.139. The Hall–Kier alpha value is -5.03. The number of likely N-dealkylation sites (tertiary alicyclic amines) is 1. The Balaban J connectivity index is 1.35. The van der Waals surface area contributed by atoms with Gasteiger partial charge in [0.2, 0.25) is 0 Å². The number of nitrogens with zero attached hydrogens (tertiary/aromatic N) is 3. The maximum absolute atomic E-state index is 14.2. The highest BCUT2D eigenvalue weighted by Crippen LogP contribution is 2.50. The molecule has 11 atom stereocenters. The van der Waals surface area contributed by atoms with E-state index in [9.17, 15) is 29.7 Å². The number of hydrogen-bond donors (Lipinski definition) is 4. The maximum atomic E-state index is 14.2. The van der Waals surface area contributed by atoms with Crippen LogP contribution in [-0.2, 0) is 44.5 Å². The number of carboxylic acids is 1. The number of methoxy groups -OCH3 is 1. The van der Waals surface area contributed by atoms with Crippen molar-refractivity contribution in [2.24, 2.45) is 51.4 Å². The van der Waals surface area contributed by atoms with Crippen molar-refractivity contribution in [1.29, 1.82) is 0 Å². The minimum absolute atomic E-state index is 0.0772. The molecule has 390 valence electrons. The number of aromatic hydroxyl groups is 2. The molecule has 4 N–H and O–H groups in total. The summed E-state index contributed by atoms with van der Waals surface area (Å²) >= 11 is 0. The summed E-state index contributed by atoms with van der Waals surface area (Å²) in [6, 6.07) is 0. The van der Waals surface area contributed by atoms with Gasteiger partial charge in [-0.15, -0.1) is 0 Å². The van der Waals surface area contributed by atoms with Crippen molar-refractivity contribution < 1.29 is 58.1 Å². The number of amides is 1. The van der Waals surface area contributed by atoms with E-state index in [1.54, 1.807) is 47.0 Å². The molecular formula is C55H78N4O12. The first kappa shape index (κ1) is 53.8. The lowest BCUT2D eigenvalue weighted by Crippen LogP contribution is -2.56.